The van der Waals surface area contributed by atoms with Crippen molar-refractivity contribution >= 4 is 5.91 Å². The van der Waals surface area contributed by atoms with E-state index in [1.165, 1.54) is 12.1 Å². The molecule has 0 aliphatic carbocycles. The molecule has 3 N–H and O–H groups in total. The Kier molecular flexibility index (Phi) is 6.23. The molecular weight excluding hydrogens is 298 g/mol. The molecule has 5 heteroatoms. The standard InChI is InChI=1S/C18H20F2N2O/c19-15-10-9-13(11-16(15)20)5-4-8-18(23)22-12-17(21)14-6-2-1-3-7-14/h1-3,6-7,9-11,17H,4-5,8,12,21H2,(H,22,23). The first-order valence-corrected chi connectivity index (χ1v) is 7.57. The van der Waals surface area contributed by atoms with Crippen LogP contribution in [-0.4, -0.2) is 12.5 Å². The molecule has 1 unspecified atom stereocenters. The van der Waals surface area contributed by atoms with E-state index in [9.17, 15) is 13.6 Å². The third kappa shape index (κ3) is 5.45. The smallest absolute Gasteiger partial charge is 0.220 e. The fourth-order valence-corrected chi connectivity index (χ4v) is 2.28. The molecule has 0 spiro atoms. The van der Waals surface area contributed by atoms with E-state index in [1.54, 1.807) is 0 Å². The molecule has 0 radical (unpaired) electrons. The lowest BCUT2D eigenvalue weighted by atomic mass is 10.1. The Morgan fingerprint density at radius 2 is 1.83 bits per heavy atom. The molecule has 0 saturated carbocycles. The number of rotatable bonds is 7. The van der Waals surface area contributed by atoms with Gasteiger partial charge in [0, 0.05) is 19.0 Å². The fraction of sp³-hybridized carbons (Fsp3) is 0.278. The summed E-state index contributed by atoms with van der Waals surface area (Å²) in [6.45, 7) is 0.369. The Balaban J connectivity index is 1.70. The van der Waals surface area contributed by atoms with Crippen LogP contribution in [0.3, 0.4) is 0 Å². The molecule has 0 heterocycles. The summed E-state index contributed by atoms with van der Waals surface area (Å²) >= 11 is 0. The molecule has 2 rings (SSSR count). The molecule has 0 aliphatic heterocycles. The van der Waals surface area contributed by atoms with Gasteiger partial charge in [-0.05, 0) is 36.1 Å². The topological polar surface area (TPSA) is 55.1 Å². The highest BCUT2D eigenvalue weighted by molar-refractivity contribution is 5.75. The van der Waals surface area contributed by atoms with Gasteiger partial charge in [-0.15, -0.1) is 0 Å². The van der Waals surface area contributed by atoms with Crippen molar-refractivity contribution in [2.45, 2.75) is 25.3 Å². The van der Waals surface area contributed by atoms with Crippen LogP contribution >= 0.6 is 0 Å². The highest BCUT2D eigenvalue weighted by Crippen LogP contribution is 2.11. The van der Waals surface area contributed by atoms with E-state index in [4.69, 9.17) is 5.73 Å². The molecule has 122 valence electrons. The van der Waals surface area contributed by atoms with E-state index < -0.39 is 11.6 Å². The molecule has 2 aromatic rings. The number of halogens is 2. The van der Waals surface area contributed by atoms with Gasteiger partial charge in [-0.1, -0.05) is 36.4 Å². The average Bonchev–Trinajstić information content (AvgIpc) is 2.56. The Morgan fingerprint density at radius 1 is 1.09 bits per heavy atom. The van der Waals surface area contributed by atoms with Crippen molar-refractivity contribution < 1.29 is 13.6 Å². The van der Waals surface area contributed by atoms with Crippen LogP contribution in [0.5, 0.6) is 0 Å². The second-order valence-corrected chi connectivity index (χ2v) is 5.42. The summed E-state index contributed by atoms with van der Waals surface area (Å²) < 4.78 is 25.9. The van der Waals surface area contributed by atoms with E-state index in [1.807, 2.05) is 30.3 Å². The summed E-state index contributed by atoms with van der Waals surface area (Å²) in [6, 6.07) is 13.1. The number of nitrogens with two attached hydrogens (primary N) is 1. The maximum atomic E-state index is 13.1. The van der Waals surface area contributed by atoms with Gasteiger partial charge in [0.2, 0.25) is 5.91 Å². The number of aryl methyl sites for hydroxylation is 1. The van der Waals surface area contributed by atoms with Gasteiger partial charge in [-0.2, -0.15) is 0 Å². The average molecular weight is 318 g/mol. The molecule has 0 bridgehead atoms. The van der Waals surface area contributed by atoms with Crippen LogP contribution in [0.2, 0.25) is 0 Å². The van der Waals surface area contributed by atoms with Crippen LogP contribution in [0.25, 0.3) is 0 Å². The van der Waals surface area contributed by atoms with Crippen LogP contribution in [0, 0.1) is 11.6 Å². The van der Waals surface area contributed by atoms with Crippen molar-refractivity contribution in [3.05, 3.63) is 71.3 Å². The van der Waals surface area contributed by atoms with Crippen LogP contribution in [0.1, 0.15) is 30.0 Å². The van der Waals surface area contributed by atoms with Gasteiger partial charge in [-0.3, -0.25) is 4.79 Å². The normalized spacial score (nSPS) is 12.0. The molecular formula is C18H20F2N2O. The molecule has 0 saturated heterocycles. The molecule has 0 fully saturated rings. The van der Waals surface area contributed by atoms with E-state index in [-0.39, 0.29) is 11.9 Å². The van der Waals surface area contributed by atoms with Crippen molar-refractivity contribution in [3.8, 4) is 0 Å². The predicted molar refractivity (Wildman–Crippen MR) is 85.7 cm³/mol. The number of carbonyl (C=O) groups is 1. The van der Waals surface area contributed by atoms with Crippen molar-refractivity contribution in [1.29, 1.82) is 0 Å². The number of benzene rings is 2. The van der Waals surface area contributed by atoms with Crippen molar-refractivity contribution in [3.63, 3.8) is 0 Å². The third-order valence-electron chi connectivity index (χ3n) is 3.60. The van der Waals surface area contributed by atoms with Gasteiger partial charge in [0.05, 0.1) is 0 Å². The maximum Gasteiger partial charge on any atom is 0.220 e. The maximum absolute atomic E-state index is 13.1. The molecule has 0 aromatic heterocycles. The van der Waals surface area contributed by atoms with Gasteiger partial charge in [0.25, 0.3) is 0 Å². The summed E-state index contributed by atoms with van der Waals surface area (Å²) in [7, 11) is 0. The lowest BCUT2D eigenvalue weighted by Crippen LogP contribution is -2.31. The quantitative estimate of drug-likeness (QED) is 0.824. The largest absolute Gasteiger partial charge is 0.354 e. The first-order valence-electron chi connectivity index (χ1n) is 7.57. The van der Waals surface area contributed by atoms with Gasteiger partial charge in [-0.25, -0.2) is 8.78 Å². The van der Waals surface area contributed by atoms with Gasteiger partial charge in [0.1, 0.15) is 0 Å². The minimum atomic E-state index is -0.860. The predicted octanol–water partition coefficient (Wildman–Crippen LogP) is 3.10. The lowest BCUT2D eigenvalue weighted by Gasteiger charge is -2.13. The number of nitrogens with one attached hydrogen (secondary N) is 1. The summed E-state index contributed by atoms with van der Waals surface area (Å²) in [6.07, 6.45) is 1.41. The Labute approximate surface area is 134 Å². The summed E-state index contributed by atoms with van der Waals surface area (Å²) in [5.74, 6) is -1.82. The zero-order chi connectivity index (χ0) is 16.7. The fourth-order valence-electron chi connectivity index (χ4n) is 2.28. The van der Waals surface area contributed by atoms with Crippen molar-refractivity contribution in [2.75, 3.05) is 6.54 Å². The number of hydrogen-bond acceptors (Lipinski definition) is 2. The lowest BCUT2D eigenvalue weighted by molar-refractivity contribution is -0.121. The second kappa shape index (κ2) is 8.39. The summed E-state index contributed by atoms with van der Waals surface area (Å²) in [5, 5.41) is 2.79. The Bertz CT molecular complexity index is 647. The van der Waals surface area contributed by atoms with Crippen LogP contribution < -0.4 is 11.1 Å². The highest BCUT2D eigenvalue weighted by Gasteiger charge is 2.08. The first kappa shape index (κ1) is 17.1. The Hall–Kier alpha value is -2.27. The zero-order valence-corrected chi connectivity index (χ0v) is 12.8. The van der Waals surface area contributed by atoms with Gasteiger partial charge >= 0.3 is 0 Å². The van der Waals surface area contributed by atoms with E-state index >= 15 is 0 Å². The van der Waals surface area contributed by atoms with Crippen LogP contribution in [-0.2, 0) is 11.2 Å². The first-order chi connectivity index (χ1) is 11.1. The van der Waals surface area contributed by atoms with Crippen molar-refractivity contribution in [1.82, 2.24) is 5.32 Å². The molecule has 1 amide bonds. The molecule has 1 atom stereocenters. The van der Waals surface area contributed by atoms with Crippen LogP contribution in [0.15, 0.2) is 48.5 Å². The van der Waals surface area contributed by atoms with E-state index in [2.05, 4.69) is 5.32 Å². The number of amides is 1. The minimum Gasteiger partial charge on any atom is -0.354 e. The summed E-state index contributed by atoms with van der Waals surface area (Å²) in [4.78, 5) is 11.8. The molecule has 0 aliphatic rings. The van der Waals surface area contributed by atoms with E-state index in [0.29, 0.717) is 31.4 Å². The highest BCUT2D eigenvalue weighted by atomic mass is 19.2. The van der Waals surface area contributed by atoms with Crippen LogP contribution in [0.4, 0.5) is 8.78 Å². The third-order valence-corrected chi connectivity index (χ3v) is 3.60. The SMILES string of the molecule is NC(CNC(=O)CCCc1ccc(F)c(F)c1)c1ccccc1. The van der Waals surface area contributed by atoms with Gasteiger partial charge in [0.15, 0.2) is 11.6 Å². The monoisotopic (exact) mass is 318 g/mol. The van der Waals surface area contributed by atoms with Crippen molar-refractivity contribution in [2.24, 2.45) is 5.73 Å². The molecule has 3 nitrogen and oxygen atoms in total. The second-order valence-electron chi connectivity index (χ2n) is 5.42. The minimum absolute atomic E-state index is 0.0982. The zero-order valence-electron chi connectivity index (χ0n) is 12.8. The van der Waals surface area contributed by atoms with Gasteiger partial charge < -0.3 is 11.1 Å². The molecule has 23 heavy (non-hydrogen) atoms. The molecule has 2 aromatic carbocycles. The Morgan fingerprint density at radius 3 is 2.52 bits per heavy atom. The number of hydrogen-bond donors (Lipinski definition) is 2. The van der Waals surface area contributed by atoms with E-state index in [0.717, 1.165) is 11.6 Å². The summed E-state index contributed by atoms with van der Waals surface area (Å²) in [5.41, 5.74) is 7.65. The number of carbonyl (C=O) groups excluding carboxylic acids is 1.